The fraction of sp³-hybridized carbons (Fsp3) is 0.355. The summed E-state index contributed by atoms with van der Waals surface area (Å²) < 4.78 is 34.0. The van der Waals surface area contributed by atoms with E-state index in [1.807, 2.05) is 51.1 Å². The van der Waals surface area contributed by atoms with Gasteiger partial charge in [0.2, 0.25) is 11.8 Å². The Morgan fingerprint density at radius 3 is 2.17 bits per heavy atom. The first-order valence-electron chi connectivity index (χ1n) is 13.6. The number of carbonyl (C=O) groups excluding carboxylic acids is 2. The van der Waals surface area contributed by atoms with Crippen molar-refractivity contribution >= 4 is 39.1 Å². The highest BCUT2D eigenvalue weighted by molar-refractivity contribution is 7.92. The van der Waals surface area contributed by atoms with Crippen molar-refractivity contribution in [2.75, 3.05) is 31.0 Å². The van der Waals surface area contributed by atoms with Crippen LogP contribution < -0.4 is 14.4 Å². The lowest BCUT2D eigenvalue weighted by molar-refractivity contribution is -0.139. The molecule has 0 saturated heterocycles. The van der Waals surface area contributed by atoms with Gasteiger partial charge in [-0.1, -0.05) is 80.9 Å². The number of carbonyl (C=O) groups is 2. The number of rotatable bonds is 14. The molecule has 220 valence electrons. The second-order valence-electron chi connectivity index (χ2n) is 10.0. The number of sulfonamides is 1. The van der Waals surface area contributed by atoms with Gasteiger partial charge in [0.25, 0.3) is 10.0 Å². The van der Waals surface area contributed by atoms with Crippen LogP contribution in [0, 0.1) is 5.92 Å². The quantitative estimate of drug-likeness (QED) is 0.276. The van der Waals surface area contributed by atoms with E-state index >= 15 is 0 Å². The Hall–Kier alpha value is -3.56. The van der Waals surface area contributed by atoms with Gasteiger partial charge in [0.15, 0.2) is 0 Å². The van der Waals surface area contributed by atoms with Crippen LogP contribution in [0.4, 0.5) is 5.69 Å². The number of amides is 2. The molecule has 3 aromatic carbocycles. The molecule has 2 amide bonds. The van der Waals surface area contributed by atoms with Crippen molar-refractivity contribution in [2.24, 2.45) is 5.92 Å². The number of nitrogens with one attached hydrogen (secondary N) is 1. The van der Waals surface area contributed by atoms with Crippen LogP contribution in [0.25, 0.3) is 0 Å². The summed E-state index contributed by atoms with van der Waals surface area (Å²) >= 11 is 6.37. The topological polar surface area (TPSA) is 96.0 Å². The number of hydrogen-bond donors (Lipinski definition) is 1. The van der Waals surface area contributed by atoms with E-state index in [9.17, 15) is 18.0 Å². The SMILES string of the molecule is CC[C@@H](C(=O)NCC(C)C)N(CCc1ccccc1)C(=O)CN(c1ccc(OC)c(Cl)c1)S(=O)(=O)c1ccccc1. The Bertz CT molecular complexity index is 1400. The van der Waals surface area contributed by atoms with Gasteiger partial charge in [-0.05, 0) is 54.7 Å². The lowest BCUT2D eigenvalue weighted by Crippen LogP contribution is -2.53. The van der Waals surface area contributed by atoms with E-state index in [1.54, 1.807) is 30.3 Å². The summed E-state index contributed by atoms with van der Waals surface area (Å²) in [4.78, 5) is 28.8. The first kappa shape index (κ1) is 32.0. The third-order valence-corrected chi connectivity index (χ3v) is 8.67. The zero-order chi connectivity index (χ0) is 30.0. The normalized spacial score (nSPS) is 12.0. The molecular formula is C31H38ClN3O5S. The van der Waals surface area contributed by atoms with E-state index in [0.717, 1.165) is 9.87 Å². The molecule has 0 aliphatic heterocycles. The summed E-state index contributed by atoms with van der Waals surface area (Å²) in [7, 11) is -2.71. The van der Waals surface area contributed by atoms with Gasteiger partial charge in [-0.15, -0.1) is 0 Å². The van der Waals surface area contributed by atoms with Crippen molar-refractivity contribution in [1.82, 2.24) is 10.2 Å². The number of methoxy groups -OCH3 is 1. The molecule has 0 heterocycles. The summed E-state index contributed by atoms with van der Waals surface area (Å²) in [6, 6.07) is 21.3. The number of hydrogen-bond acceptors (Lipinski definition) is 5. The Morgan fingerprint density at radius 1 is 0.976 bits per heavy atom. The van der Waals surface area contributed by atoms with Gasteiger partial charge in [0.1, 0.15) is 18.3 Å². The Morgan fingerprint density at radius 2 is 1.61 bits per heavy atom. The molecule has 0 aliphatic rings. The highest BCUT2D eigenvalue weighted by Gasteiger charge is 2.33. The highest BCUT2D eigenvalue weighted by atomic mass is 35.5. The van der Waals surface area contributed by atoms with Gasteiger partial charge in [-0.3, -0.25) is 13.9 Å². The van der Waals surface area contributed by atoms with E-state index < -0.39 is 28.5 Å². The first-order chi connectivity index (χ1) is 19.6. The summed E-state index contributed by atoms with van der Waals surface area (Å²) in [6.45, 7) is 6.00. The maximum atomic E-state index is 14.1. The lowest BCUT2D eigenvalue weighted by atomic mass is 10.1. The fourth-order valence-electron chi connectivity index (χ4n) is 4.38. The summed E-state index contributed by atoms with van der Waals surface area (Å²) in [6.07, 6.45) is 0.866. The summed E-state index contributed by atoms with van der Waals surface area (Å²) in [5, 5.41) is 3.13. The molecule has 0 aromatic heterocycles. The van der Waals surface area contributed by atoms with Crippen molar-refractivity contribution < 1.29 is 22.7 Å². The Labute approximate surface area is 248 Å². The van der Waals surface area contributed by atoms with E-state index in [2.05, 4.69) is 5.32 Å². The van der Waals surface area contributed by atoms with E-state index in [4.69, 9.17) is 16.3 Å². The molecule has 0 aliphatic carbocycles. The van der Waals surface area contributed by atoms with Crippen molar-refractivity contribution in [3.05, 3.63) is 89.4 Å². The van der Waals surface area contributed by atoms with Gasteiger partial charge in [-0.2, -0.15) is 0 Å². The molecule has 0 spiro atoms. The molecule has 10 heteroatoms. The molecule has 0 unspecified atom stereocenters. The van der Waals surface area contributed by atoms with Crippen molar-refractivity contribution in [3.63, 3.8) is 0 Å². The monoisotopic (exact) mass is 599 g/mol. The molecule has 0 saturated carbocycles. The summed E-state index contributed by atoms with van der Waals surface area (Å²) in [5.41, 5.74) is 1.20. The third-order valence-electron chi connectivity index (χ3n) is 6.59. The highest BCUT2D eigenvalue weighted by Crippen LogP contribution is 2.32. The minimum Gasteiger partial charge on any atom is -0.495 e. The Kier molecular flexibility index (Phi) is 11.6. The molecule has 8 nitrogen and oxygen atoms in total. The lowest BCUT2D eigenvalue weighted by Gasteiger charge is -2.33. The fourth-order valence-corrected chi connectivity index (χ4v) is 6.06. The van der Waals surface area contributed by atoms with Gasteiger partial charge in [0, 0.05) is 13.1 Å². The van der Waals surface area contributed by atoms with E-state index in [0.29, 0.717) is 25.1 Å². The van der Waals surface area contributed by atoms with E-state index in [-0.39, 0.29) is 34.0 Å². The molecule has 1 N–H and O–H groups in total. The predicted octanol–water partition coefficient (Wildman–Crippen LogP) is 5.17. The first-order valence-corrected chi connectivity index (χ1v) is 15.4. The maximum Gasteiger partial charge on any atom is 0.264 e. The number of nitrogens with zero attached hydrogens (tertiary/aromatic N) is 2. The van der Waals surface area contributed by atoms with Crippen LogP contribution in [-0.4, -0.2) is 57.9 Å². The number of ether oxygens (including phenoxy) is 1. The number of benzene rings is 3. The van der Waals surface area contributed by atoms with Gasteiger partial charge in [-0.25, -0.2) is 8.42 Å². The van der Waals surface area contributed by atoms with Gasteiger partial charge < -0.3 is 15.0 Å². The van der Waals surface area contributed by atoms with Crippen molar-refractivity contribution in [3.8, 4) is 5.75 Å². The zero-order valence-electron chi connectivity index (χ0n) is 23.9. The van der Waals surface area contributed by atoms with Crippen LogP contribution in [0.3, 0.4) is 0 Å². The van der Waals surface area contributed by atoms with Crippen LogP contribution in [-0.2, 0) is 26.0 Å². The van der Waals surface area contributed by atoms with Crippen molar-refractivity contribution in [1.29, 1.82) is 0 Å². The molecule has 1 atom stereocenters. The third kappa shape index (κ3) is 8.47. The van der Waals surface area contributed by atoms with Crippen LogP contribution in [0.2, 0.25) is 5.02 Å². The Balaban J connectivity index is 2.02. The standard InChI is InChI=1S/C31H38ClN3O5S/c1-5-28(31(37)33-21-23(2)3)34(19-18-24-12-8-6-9-13-24)30(36)22-35(25-16-17-29(40-4)27(32)20-25)41(38,39)26-14-10-7-11-15-26/h6-17,20,23,28H,5,18-19,21-22H2,1-4H3,(H,33,37)/t28-/m0/s1. The number of halogens is 1. The van der Waals surface area contributed by atoms with Crippen LogP contribution in [0.15, 0.2) is 83.8 Å². The van der Waals surface area contributed by atoms with Crippen LogP contribution >= 0.6 is 11.6 Å². The predicted molar refractivity (Wildman–Crippen MR) is 163 cm³/mol. The zero-order valence-corrected chi connectivity index (χ0v) is 25.5. The molecule has 3 aromatic rings. The molecule has 0 fully saturated rings. The molecule has 3 rings (SSSR count). The average molecular weight is 600 g/mol. The minimum atomic E-state index is -4.17. The number of anilines is 1. The van der Waals surface area contributed by atoms with Crippen LogP contribution in [0.1, 0.15) is 32.8 Å². The largest absolute Gasteiger partial charge is 0.495 e. The smallest absolute Gasteiger partial charge is 0.264 e. The van der Waals surface area contributed by atoms with Crippen LogP contribution in [0.5, 0.6) is 5.75 Å². The molecular weight excluding hydrogens is 562 g/mol. The van der Waals surface area contributed by atoms with E-state index in [1.165, 1.54) is 30.2 Å². The second-order valence-corrected chi connectivity index (χ2v) is 12.3. The summed E-state index contributed by atoms with van der Waals surface area (Å²) in [5.74, 6) is -0.168. The second kappa shape index (κ2) is 14.9. The molecule has 0 bridgehead atoms. The van der Waals surface area contributed by atoms with Crippen molar-refractivity contribution in [2.45, 2.75) is 44.6 Å². The van der Waals surface area contributed by atoms with Gasteiger partial charge >= 0.3 is 0 Å². The molecule has 41 heavy (non-hydrogen) atoms. The molecule has 0 radical (unpaired) electrons. The van der Waals surface area contributed by atoms with Gasteiger partial charge in [0.05, 0.1) is 22.7 Å². The maximum absolute atomic E-state index is 14.1. The minimum absolute atomic E-state index is 0.0253. The average Bonchev–Trinajstić information content (AvgIpc) is 2.97.